The number of nitrogens with zero attached hydrogens (tertiary/aromatic N) is 1. The van der Waals surface area contributed by atoms with Crippen LogP contribution in [0.2, 0.25) is 0 Å². The van der Waals surface area contributed by atoms with Crippen LogP contribution in [0.5, 0.6) is 28.7 Å². The van der Waals surface area contributed by atoms with Crippen LogP contribution in [0.15, 0.2) is 66.7 Å². The number of fused-ring (bicyclic) bond motifs is 1. The first-order chi connectivity index (χ1) is 16.6. The molecule has 6 heteroatoms. The summed E-state index contributed by atoms with van der Waals surface area (Å²) in [5.74, 6) is 4.09. The summed E-state index contributed by atoms with van der Waals surface area (Å²) in [4.78, 5) is 3.40. The average molecular weight is 478 g/mol. The molecule has 0 fully saturated rings. The van der Waals surface area contributed by atoms with Gasteiger partial charge in [-0.15, -0.1) is 11.3 Å². The molecule has 0 bridgehead atoms. The number of hydrogen-bond acceptors (Lipinski definition) is 6. The highest BCUT2D eigenvalue weighted by molar-refractivity contribution is 7.22. The molecule has 0 amide bonds. The quantitative estimate of drug-likeness (QED) is 0.230. The van der Waals surface area contributed by atoms with Gasteiger partial charge in [0.25, 0.3) is 0 Å². The predicted octanol–water partition coefficient (Wildman–Crippen LogP) is 7.10. The van der Waals surface area contributed by atoms with Crippen molar-refractivity contribution in [3.8, 4) is 39.2 Å². The second kappa shape index (κ2) is 11.3. The highest BCUT2D eigenvalue weighted by atomic mass is 32.1. The molecule has 0 radical (unpaired) electrons. The number of rotatable bonds is 11. The molecule has 0 aliphatic rings. The van der Waals surface area contributed by atoms with Gasteiger partial charge in [0.05, 0.1) is 19.1 Å². The maximum atomic E-state index is 6.45. The van der Waals surface area contributed by atoms with Gasteiger partial charge in [-0.2, -0.15) is 0 Å². The van der Waals surface area contributed by atoms with Gasteiger partial charge in [0.1, 0.15) is 29.6 Å². The van der Waals surface area contributed by atoms with Crippen LogP contribution in [0.25, 0.3) is 20.5 Å². The third kappa shape index (κ3) is 5.46. The van der Waals surface area contributed by atoms with E-state index in [2.05, 4.69) is 36.9 Å². The Morgan fingerprint density at radius 1 is 0.735 bits per heavy atom. The van der Waals surface area contributed by atoms with Gasteiger partial charge in [0, 0.05) is 16.6 Å². The zero-order valence-electron chi connectivity index (χ0n) is 20.2. The maximum absolute atomic E-state index is 6.45. The molecule has 0 saturated heterocycles. The van der Waals surface area contributed by atoms with E-state index >= 15 is 0 Å². The molecule has 5 nitrogen and oxygen atoms in total. The van der Waals surface area contributed by atoms with Crippen LogP contribution in [0, 0.1) is 0 Å². The fourth-order valence-corrected chi connectivity index (χ4v) is 4.93. The van der Waals surface area contributed by atoms with Gasteiger partial charge in [0.2, 0.25) is 0 Å². The standard InChI is InChI=1S/C28H31NO4S/c1-5-29(6-2)17-18-32-22-11-13-23(14-12-22)33-27-25-16-15-24(31-4)19-26(25)34-28(27)20-7-9-21(30-3)10-8-20/h7-16,19H,5-6,17-18H2,1-4H3. The largest absolute Gasteiger partial charge is 0.497 e. The summed E-state index contributed by atoms with van der Waals surface area (Å²) >= 11 is 1.69. The van der Waals surface area contributed by atoms with Gasteiger partial charge in [-0.05, 0) is 85.4 Å². The van der Waals surface area contributed by atoms with E-state index in [1.807, 2.05) is 48.5 Å². The van der Waals surface area contributed by atoms with E-state index < -0.39 is 0 Å². The summed E-state index contributed by atoms with van der Waals surface area (Å²) in [6, 6.07) is 21.9. The summed E-state index contributed by atoms with van der Waals surface area (Å²) in [6.45, 7) is 7.98. The summed E-state index contributed by atoms with van der Waals surface area (Å²) in [6.07, 6.45) is 0. The van der Waals surface area contributed by atoms with Crippen molar-refractivity contribution < 1.29 is 18.9 Å². The van der Waals surface area contributed by atoms with E-state index in [9.17, 15) is 0 Å². The smallest absolute Gasteiger partial charge is 0.153 e. The van der Waals surface area contributed by atoms with Crippen LogP contribution in [0.4, 0.5) is 0 Å². The van der Waals surface area contributed by atoms with Gasteiger partial charge in [-0.1, -0.05) is 13.8 Å². The summed E-state index contributed by atoms with van der Waals surface area (Å²) < 4.78 is 24.2. The van der Waals surface area contributed by atoms with Gasteiger partial charge in [-0.3, -0.25) is 0 Å². The molecule has 0 saturated carbocycles. The van der Waals surface area contributed by atoms with Crippen molar-refractivity contribution in [3.63, 3.8) is 0 Å². The highest BCUT2D eigenvalue weighted by Gasteiger charge is 2.17. The van der Waals surface area contributed by atoms with E-state index in [1.54, 1.807) is 25.6 Å². The Morgan fingerprint density at radius 3 is 2.00 bits per heavy atom. The Bertz CT molecular complexity index is 1200. The van der Waals surface area contributed by atoms with Crippen LogP contribution in [0.1, 0.15) is 13.8 Å². The van der Waals surface area contributed by atoms with Crippen molar-refractivity contribution in [1.82, 2.24) is 4.90 Å². The normalized spacial score (nSPS) is 11.1. The van der Waals surface area contributed by atoms with Gasteiger partial charge < -0.3 is 23.8 Å². The summed E-state index contributed by atoms with van der Waals surface area (Å²) in [7, 11) is 3.36. The van der Waals surface area contributed by atoms with Gasteiger partial charge in [0.15, 0.2) is 5.75 Å². The Balaban J connectivity index is 1.59. The molecule has 34 heavy (non-hydrogen) atoms. The fourth-order valence-electron chi connectivity index (χ4n) is 3.77. The first-order valence-electron chi connectivity index (χ1n) is 11.5. The minimum atomic E-state index is 0.667. The second-order valence-corrected chi connectivity index (χ2v) is 8.85. The van der Waals surface area contributed by atoms with E-state index in [1.165, 1.54) is 0 Å². The van der Waals surface area contributed by atoms with Crippen molar-refractivity contribution in [2.24, 2.45) is 0 Å². The van der Waals surface area contributed by atoms with Gasteiger partial charge in [-0.25, -0.2) is 0 Å². The molecule has 1 heterocycles. The molecular weight excluding hydrogens is 446 g/mol. The maximum Gasteiger partial charge on any atom is 0.153 e. The second-order valence-electron chi connectivity index (χ2n) is 7.80. The number of hydrogen-bond donors (Lipinski definition) is 0. The monoisotopic (exact) mass is 477 g/mol. The van der Waals surface area contributed by atoms with Crippen LogP contribution in [0.3, 0.4) is 0 Å². The third-order valence-electron chi connectivity index (χ3n) is 5.82. The molecule has 3 aromatic carbocycles. The Labute approximate surface area is 205 Å². The number of methoxy groups -OCH3 is 2. The molecule has 0 atom stereocenters. The van der Waals surface area contributed by atoms with Gasteiger partial charge >= 0.3 is 0 Å². The minimum absolute atomic E-state index is 0.667. The third-order valence-corrected chi connectivity index (χ3v) is 7.00. The van der Waals surface area contributed by atoms with E-state index in [-0.39, 0.29) is 0 Å². The van der Waals surface area contributed by atoms with Crippen molar-refractivity contribution >= 4 is 21.4 Å². The molecule has 0 aliphatic heterocycles. The Kier molecular flexibility index (Phi) is 7.93. The topological polar surface area (TPSA) is 40.2 Å². The molecule has 0 spiro atoms. The number of benzene rings is 3. The molecular formula is C28H31NO4S. The van der Waals surface area contributed by atoms with Crippen LogP contribution >= 0.6 is 11.3 Å². The molecule has 4 rings (SSSR count). The number of thiophene rings is 1. The van der Waals surface area contributed by atoms with E-state index in [0.717, 1.165) is 68.9 Å². The molecule has 1 aromatic heterocycles. The predicted molar refractivity (Wildman–Crippen MR) is 140 cm³/mol. The first-order valence-corrected chi connectivity index (χ1v) is 12.3. The molecule has 4 aromatic rings. The lowest BCUT2D eigenvalue weighted by Crippen LogP contribution is -2.27. The molecule has 0 N–H and O–H groups in total. The minimum Gasteiger partial charge on any atom is -0.497 e. The molecule has 178 valence electrons. The molecule has 0 aliphatic carbocycles. The SMILES string of the molecule is CCN(CC)CCOc1ccc(Oc2c(-c3ccc(OC)cc3)sc3cc(OC)ccc23)cc1. The zero-order chi connectivity index (χ0) is 23.9. The molecule has 0 unspecified atom stereocenters. The van der Waals surface area contributed by atoms with Crippen molar-refractivity contribution in [2.45, 2.75) is 13.8 Å². The summed E-state index contributed by atoms with van der Waals surface area (Å²) in [5.41, 5.74) is 1.08. The fraction of sp³-hybridized carbons (Fsp3) is 0.286. The van der Waals surface area contributed by atoms with Crippen LogP contribution in [-0.2, 0) is 0 Å². The van der Waals surface area contributed by atoms with E-state index in [0.29, 0.717) is 6.61 Å². The highest BCUT2D eigenvalue weighted by Crippen LogP contribution is 2.47. The van der Waals surface area contributed by atoms with Crippen molar-refractivity contribution in [1.29, 1.82) is 0 Å². The lowest BCUT2D eigenvalue weighted by atomic mass is 10.1. The lowest BCUT2D eigenvalue weighted by Gasteiger charge is -2.18. The van der Waals surface area contributed by atoms with E-state index in [4.69, 9.17) is 18.9 Å². The average Bonchev–Trinajstić information content (AvgIpc) is 3.25. The Hall–Kier alpha value is -3.22. The Morgan fingerprint density at radius 2 is 1.35 bits per heavy atom. The number of likely N-dealkylation sites (N-methyl/N-ethyl adjacent to an activating group) is 1. The first kappa shape index (κ1) is 23.9. The lowest BCUT2D eigenvalue weighted by molar-refractivity contribution is 0.222. The van der Waals surface area contributed by atoms with Crippen LogP contribution in [-0.4, -0.2) is 45.4 Å². The number of ether oxygens (including phenoxy) is 4. The van der Waals surface area contributed by atoms with Crippen molar-refractivity contribution in [2.75, 3.05) is 40.5 Å². The summed E-state index contributed by atoms with van der Waals surface area (Å²) in [5, 5.41) is 1.05. The van der Waals surface area contributed by atoms with Crippen molar-refractivity contribution in [3.05, 3.63) is 66.7 Å². The van der Waals surface area contributed by atoms with Crippen LogP contribution < -0.4 is 18.9 Å². The zero-order valence-corrected chi connectivity index (χ0v) is 21.0.